The molecule has 1 unspecified atom stereocenters. The van der Waals surface area contributed by atoms with E-state index in [2.05, 4.69) is 18.4 Å². The number of carbonyl (C=O) groups excluding carboxylic acids is 1. The normalized spacial score (nSPS) is 22.1. The number of carbonyl (C=O) groups is 1. The van der Waals surface area contributed by atoms with E-state index >= 15 is 0 Å². The van der Waals surface area contributed by atoms with Gasteiger partial charge in [-0.2, -0.15) is 4.58 Å². The molecule has 8 nitrogen and oxygen atoms in total. The average Bonchev–Trinajstić information content (AvgIpc) is 3.35. The van der Waals surface area contributed by atoms with Gasteiger partial charge in [0.25, 0.3) is 5.91 Å². The molecule has 1 fully saturated rings. The Kier molecular flexibility index (Phi) is 9.26. The molecule has 2 aliphatic rings. The molecule has 0 bridgehead atoms. The molecule has 1 saturated heterocycles. The number of ether oxygens (including phenoxy) is 2. The van der Waals surface area contributed by atoms with Crippen molar-refractivity contribution in [2.75, 3.05) is 46.5 Å². The molecule has 2 aliphatic heterocycles. The van der Waals surface area contributed by atoms with Crippen LogP contribution in [-0.2, 0) is 4.74 Å². The number of nitrogens with zero attached hydrogens (tertiary/aromatic N) is 2. The summed E-state index contributed by atoms with van der Waals surface area (Å²) in [4.78, 5) is 15.2. The van der Waals surface area contributed by atoms with Crippen molar-refractivity contribution in [1.82, 2.24) is 4.90 Å². The van der Waals surface area contributed by atoms with Gasteiger partial charge in [-0.3, -0.25) is 4.79 Å². The molecular formula is C25H40N3O5+. The summed E-state index contributed by atoms with van der Waals surface area (Å²) in [5.74, 6) is 0.317. The van der Waals surface area contributed by atoms with Crippen LogP contribution in [0.4, 0.5) is 5.69 Å². The summed E-state index contributed by atoms with van der Waals surface area (Å²) in [5.41, 5.74) is 9.55. The fourth-order valence-corrected chi connectivity index (χ4v) is 4.84. The van der Waals surface area contributed by atoms with Crippen LogP contribution in [0.1, 0.15) is 67.8 Å². The minimum atomic E-state index is -0.737. The van der Waals surface area contributed by atoms with Crippen LogP contribution in [0.25, 0.3) is 0 Å². The first-order valence-corrected chi connectivity index (χ1v) is 12.3. The van der Waals surface area contributed by atoms with E-state index in [1.165, 1.54) is 0 Å². The predicted octanol–water partition coefficient (Wildman–Crippen LogP) is 2.02. The summed E-state index contributed by atoms with van der Waals surface area (Å²) in [5, 5.41) is 19.9. The van der Waals surface area contributed by atoms with Gasteiger partial charge >= 0.3 is 0 Å². The van der Waals surface area contributed by atoms with Crippen molar-refractivity contribution < 1.29 is 29.1 Å². The van der Waals surface area contributed by atoms with Crippen LogP contribution in [0.2, 0.25) is 0 Å². The Hall–Kier alpha value is -2.00. The van der Waals surface area contributed by atoms with Crippen molar-refractivity contribution in [3.63, 3.8) is 0 Å². The quantitative estimate of drug-likeness (QED) is 0.324. The molecule has 1 aromatic rings. The summed E-state index contributed by atoms with van der Waals surface area (Å²) in [6.45, 7) is 6.53. The lowest BCUT2D eigenvalue weighted by Gasteiger charge is -2.22. The SMILES string of the molecule is CCCCCCN(C)C(=O)c1cc2c(cc1O[C@H]1COC[C@@H]1O)C(CCO)C(CN)=[N+]2CC. The first-order valence-electron chi connectivity index (χ1n) is 12.3. The first-order chi connectivity index (χ1) is 16.0. The number of hydrogen-bond acceptors (Lipinski definition) is 6. The third kappa shape index (κ3) is 5.57. The number of amides is 1. The van der Waals surface area contributed by atoms with E-state index in [4.69, 9.17) is 15.2 Å². The number of fused-ring (bicyclic) bond motifs is 1. The number of aliphatic hydroxyl groups is 2. The Labute approximate surface area is 197 Å². The third-order valence-corrected chi connectivity index (χ3v) is 6.69. The minimum Gasteiger partial charge on any atom is -0.484 e. The maximum Gasteiger partial charge on any atom is 0.257 e. The van der Waals surface area contributed by atoms with Gasteiger partial charge in [-0.25, -0.2) is 0 Å². The highest BCUT2D eigenvalue weighted by Gasteiger charge is 2.40. The Balaban J connectivity index is 1.99. The second-order valence-corrected chi connectivity index (χ2v) is 8.96. The number of aliphatic hydroxyl groups excluding tert-OH is 2. The van der Waals surface area contributed by atoms with Gasteiger partial charge in [-0.05, 0) is 25.8 Å². The molecule has 4 N–H and O–H groups in total. The molecule has 0 saturated carbocycles. The number of hydrogen-bond donors (Lipinski definition) is 3. The van der Waals surface area contributed by atoms with Crippen LogP contribution in [0.3, 0.4) is 0 Å². The average molecular weight is 463 g/mol. The highest BCUT2D eigenvalue weighted by Crippen LogP contribution is 2.41. The second kappa shape index (κ2) is 11.9. The predicted molar refractivity (Wildman–Crippen MR) is 128 cm³/mol. The van der Waals surface area contributed by atoms with E-state index < -0.39 is 12.2 Å². The summed E-state index contributed by atoms with van der Waals surface area (Å²) in [6, 6.07) is 3.80. The van der Waals surface area contributed by atoms with Crippen molar-refractivity contribution in [2.45, 2.75) is 64.1 Å². The minimum absolute atomic E-state index is 0.0297. The van der Waals surface area contributed by atoms with Gasteiger partial charge in [-0.1, -0.05) is 26.2 Å². The van der Waals surface area contributed by atoms with E-state index in [1.54, 1.807) is 4.90 Å². The molecule has 1 amide bonds. The molecular weight excluding hydrogens is 422 g/mol. The fourth-order valence-electron chi connectivity index (χ4n) is 4.84. The summed E-state index contributed by atoms with van der Waals surface area (Å²) < 4.78 is 13.7. The number of rotatable bonds is 12. The van der Waals surface area contributed by atoms with Crippen LogP contribution in [0, 0.1) is 0 Å². The van der Waals surface area contributed by atoms with Crippen LogP contribution >= 0.6 is 0 Å². The van der Waals surface area contributed by atoms with Crippen molar-refractivity contribution in [1.29, 1.82) is 0 Å². The molecule has 2 heterocycles. The lowest BCUT2D eigenvalue weighted by molar-refractivity contribution is -0.434. The van der Waals surface area contributed by atoms with Crippen LogP contribution in [-0.4, -0.2) is 90.0 Å². The second-order valence-electron chi connectivity index (χ2n) is 8.96. The van der Waals surface area contributed by atoms with Gasteiger partial charge in [0.1, 0.15) is 24.5 Å². The molecule has 1 aromatic carbocycles. The monoisotopic (exact) mass is 462 g/mol. The maximum absolute atomic E-state index is 13.5. The molecule has 3 rings (SSSR count). The lowest BCUT2D eigenvalue weighted by atomic mass is 9.91. The van der Waals surface area contributed by atoms with Crippen molar-refractivity contribution in [2.24, 2.45) is 5.73 Å². The Morgan fingerprint density at radius 2 is 2.06 bits per heavy atom. The zero-order chi connectivity index (χ0) is 24.0. The summed E-state index contributed by atoms with van der Waals surface area (Å²) >= 11 is 0. The van der Waals surface area contributed by atoms with Crippen molar-refractivity contribution >= 4 is 17.3 Å². The molecule has 184 valence electrons. The van der Waals surface area contributed by atoms with E-state index in [0.717, 1.165) is 49.2 Å². The summed E-state index contributed by atoms with van der Waals surface area (Å²) in [6.07, 6.45) is 3.64. The maximum atomic E-state index is 13.5. The molecule has 3 atom stereocenters. The highest BCUT2D eigenvalue weighted by molar-refractivity contribution is 6.00. The standard InChI is InChI=1S/C25H40N3O5/c1-4-6-7-8-10-27(3)25(31)19-12-20-18(13-23(19)33-24-16-32-15-22(24)30)17(9-11-29)21(14-26)28(20)5-2/h12-13,17,22,24,29-30H,4-11,14-16,26H2,1-3H3/q+1/t17?,22-,24-/m0/s1. The van der Waals surface area contributed by atoms with Crippen LogP contribution in [0.5, 0.6) is 5.75 Å². The van der Waals surface area contributed by atoms with Gasteiger partial charge in [0, 0.05) is 31.8 Å². The molecule has 33 heavy (non-hydrogen) atoms. The molecule has 8 heteroatoms. The van der Waals surface area contributed by atoms with Crippen LogP contribution in [0.15, 0.2) is 12.1 Å². The Bertz CT molecular complexity index is 857. The number of benzene rings is 1. The third-order valence-electron chi connectivity index (χ3n) is 6.69. The number of unbranched alkanes of at least 4 members (excludes halogenated alkanes) is 3. The first kappa shape index (κ1) is 25.6. The summed E-state index contributed by atoms with van der Waals surface area (Å²) in [7, 11) is 1.82. The largest absolute Gasteiger partial charge is 0.484 e. The van der Waals surface area contributed by atoms with Crippen molar-refractivity contribution in [3.05, 3.63) is 23.3 Å². The van der Waals surface area contributed by atoms with E-state index in [0.29, 0.717) is 30.8 Å². The molecule has 0 spiro atoms. The van der Waals surface area contributed by atoms with Gasteiger partial charge in [-0.15, -0.1) is 0 Å². The van der Waals surface area contributed by atoms with E-state index in [9.17, 15) is 15.0 Å². The van der Waals surface area contributed by atoms with E-state index in [1.807, 2.05) is 19.2 Å². The van der Waals surface area contributed by atoms with Gasteiger partial charge in [0.2, 0.25) is 5.69 Å². The molecule has 0 aliphatic carbocycles. The molecule has 0 radical (unpaired) electrons. The zero-order valence-corrected chi connectivity index (χ0v) is 20.3. The number of nitrogens with two attached hydrogens (primary N) is 1. The molecule has 0 aromatic heterocycles. The topological polar surface area (TPSA) is 108 Å². The van der Waals surface area contributed by atoms with Gasteiger partial charge in [0.05, 0.1) is 31.2 Å². The Morgan fingerprint density at radius 3 is 2.67 bits per heavy atom. The van der Waals surface area contributed by atoms with Gasteiger partial charge in [0.15, 0.2) is 5.71 Å². The Morgan fingerprint density at radius 1 is 1.27 bits per heavy atom. The zero-order valence-electron chi connectivity index (χ0n) is 20.3. The smallest absolute Gasteiger partial charge is 0.257 e. The van der Waals surface area contributed by atoms with E-state index in [-0.39, 0.29) is 31.6 Å². The van der Waals surface area contributed by atoms with Gasteiger partial charge < -0.3 is 30.3 Å². The lowest BCUT2D eigenvalue weighted by Crippen LogP contribution is -2.32. The van der Waals surface area contributed by atoms with Crippen LogP contribution < -0.4 is 10.5 Å². The fraction of sp³-hybridized carbons (Fsp3) is 0.680. The highest BCUT2D eigenvalue weighted by atomic mass is 16.6. The van der Waals surface area contributed by atoms with Crippen molar-refractivity contribution in [3.8, 4) is 5.75 Å².